The third kappa shape index (κ3) is 3.85. The summed E-state index contributed by atoms with van der Waals surface area (Å²) < 4.78 is 1.89. The molecule has 0 unspecified atom stereocenters. The van der Waals surface area contributed by atoms with E-state index in [0.717, 1.165) is 38.2 Å². The van der Waals surface area contributed by atoms with Crippen LogP contribution < -0.4 is 10.6 Å². The minimum atomic E-state index is -0.0217. The van der Waals surface area contributed by atoms with E-state index in [9.17, 15) is 4.79 Å². The van der Waals surface area contributed by atoms with E-state index in [4.69, 9.17) is 0 Å². The molecular formula is C19H26N4O. The van der Waals surface area contributed by atoms with Crippen LogP contribution in [0.3, 0.4) is 0 Å². The maximum absolute atomic E-state index is 12.5. The van der Waals surface area contributed by atoms with E-state index in [1.54, 1.807) is 6.20 Å². The molecule has 3 rings (SSSR count). The third-order valence-electron chi connectivity index (χ3n) is 5.01. The Morgan fingerprint density at radius 3 is 2.71 bits per heavy atom. The molecule has 2 N–H and O–H groups in total. The Morgan fingerprint density at radius 1 is 1.29 bits per heavy atom. The predicted octanol–water partition coefficient (Wildman–Crippen LogP) is 2.36. The highest BCUT2D eigenvalue weighted by Gasteiger charge is 2.27. The fraction of sp³-hybridized carbons (Fsp3) is 0.474. The summed E-state index contributed by atoms with van der Waals surface area (Å²) >= 11 is 0. The Labute approximate surface area is 143 Å². The number of aromatic nitrogens is 2. The molecule has 0 radical (unpaired) electrons. The number of rotatable bonds is 5. The Kier molecular flexibility index (Phi) is 5.00. The molecule has 128 valence electrons. The summed E-state index contributed by atoms with van der Waals surface area (Å²) in [6.07, 6.45) is 3.87. The van der Waals surface area contributed by atoms with Crippen LogP contribution in [0.1, 0.15) is 41.4 Å². The summed E-state index contributed by atoms with van der Waals surface area (Å²) in [6.45, 7) is 7.66. The minimum absolute atomic E-state index is 0.0217. The molecular weight excluding hydrogens is 300 g/mol. The molecule has 5 nitrogen and oxygen atoms in total. The quantitative estimate of drug-likeness (QED) is 0.887. The molecule has 1 amide bonds. The topological polar surface area (TPSA) is 59.0 Å². The van der Waals surface area contributed by atoms with Gasteiger partial charge < -0.3 is 10.6 Å². The van der Waals surface area contributed by atoms with Gasteiger partial charge >= 0.3 is 0 Å². The Hall–Kier alpha value is -2.14. The molecule has 1 aliphatic heterocycles. The zero-order valence-corrected chi connectivity index (χ0v) is 14.5. The number of carbonyl (C=O) groups excluding carboxylic acids is 1. The second-order valence-electron chi connectivity index (χ2n) is 7.03. The zero-order chi connectivity index (χ0) is 17.0. The van der Waals surface area contributed by atoms with Gasteiger partial charge in [-0.1, -0.05) is 37.3 Å². The standard InChI is InChI=1S/C19H26N4O/c1-15-17(12-22-23(15)13-16-6-4-3-5-7-16)18(24)21-14-19(2)8-10-20-11-9-19/h3-7,12,20H,8-11,13-14H2,1-2H3,(H,21,24). The smallest absolute Gasteiger partial charge is 0.254 e. The van der Waals surface area contributed by atoms with E-state index in [1.165, 1.54) is 5.56 Å². The summed E-state index contributed by atoms with van der Waals surface area (Å²) in [6, 6.07) is 10.2. The highest BCUT2D eigenvalue weighted by molar-refractivity contribution is 5.95. The van der Waals surface area contributed by atoms with Crippen molar-refractivity contribution in [2.24, 2.45) is 5.41 Å². The monoisotopic (exact) mass is 326 g/mol. The van der Waals surface area contributed by atoms with Gasteiger partial charge in [-0.15, -0.1) is 0 Å². The van der Waals surface area contributed by atoms with Gasteiger partial charge in [0, 0.05) is 12.2 Å². The van der Waals surface area contributed by atoms with E-state index in [2.05, 4.69) is 34.8 Å². The molecule has 2 heterocycles. The molecule has 1 aromatic heterocycles. The predicted molar refractivity (Wildman–Crippen MR) is 95.1 cm³/mol. The fourth-order valence-electron chi connectivity index (χ4n) is 3.18. The minimum Gasteiger partial charge on any atom is -0.351 e. The molecule has 24 heavy (non-hydrogen) atoms. The van der Waals surface area contributed by atoms with Gasteiger partial charge in [0.15, 0.2) is 0 Å². The van der Waals surface area contributed by atoms with Crippen LogP contribution in [-0.4, -0.2) is 35.3 Å². The number of benzene rings is 1. The van der Waals surface area contributed by atoms with Crippen molar-refractivity contribution in [2.75, 3.05) is 19.6 Å². The number of piperidine rings is 1. The summed E-state index contributed by atoms with van der Waals surface area (Å²) in [5, 5.41) is 10.9. The number of nitrogens with one attached hydrogen (secondary N) is 2. The summed E-state index contributed by atoms with van der Waals surface area (Å²) in [7, 11) is 0. The second-order valence-corrected chi connectivity index (χ2v) is 7.03. The average molecular weight is 326 g/mol. The van der Waals surface area contributed by atoms with E-state index in [-0.39, 0.29) is 11.3 Å². The Morgan fingerprint density at radius 2 is 2.00 bits per heavy atom. The maximum atomic E-state index is 12.5. The normalized spacial score (nSPS) is 16.8. The number of carbonyl (C=O) groups is 1. The molecule has 0 saturated carbocycles. The lowest BCUT2D eigenvalue weighted by molar-refractivity contribution is 0.0921. The lowest BCUT2D eigenvalue weighted by Crippen LogP contribution is -2.43. The summed E-state index contributed by atoms with van der Waals surface area (Å²) in [5.74, 6) is -0.0217. The van der Waals surface area contributed by atoms with E-state index < -0.39 is 0 Å². The largest absolute Gasteiger partial charge is 0.351 e. The summed E-state index contributed by atoms with van der Waals surface area (Å²) in [5.41, 5.74) is 2.95. The first-order valence-electron chi connectivity index (χ1n) is 8.63. The molecule has 0 aliphatic carbocycles. The third-order valence-corrected chi connectivity index (χ3v) is 5.01. The van der Waals surface area contributed by atoms with Crippen LogP contribution >= 0.6 is 0 Å². The van der Waals surface area contributed by atoms with Crippen molar-refractivity contribution >= 4 is 5.91 Å². The van der Waals surface area contributed by atoms with Gasteiger partial charge in [0.25, 0.3) is 5.91 Å². The van der Waals surface area contributed by atoms with Crippen LogP contribution in [0.5, 0.6) is 0 Å². The van der Waals surface area contributed by atoms with Gasteiger partial charge in [0.05, 0.1) is 18.3 Å². The molecule has 1 aliphatic rings. The van der Waals surface area contributed by atoms with Gasteiger partial charge in [-0.05, 0) is 43.8 Å². The van der Waals surface area contributed by atoms with Gasteiger partial charge in [-0.2, -0.15) is 5.10 Å². The van der Waals surface area contributed by atoms with Crippen molar-refractivity contribution in [2.45, 2.75) is 33.2 Å². The van der Waals surface area contributed by atoms with Gasteiger partial charge in [-0.3, -0.25) is 9.48 Å². The van der Waals surface area contributed by atoms with E-state index >= 15 is 0 Å². The number of amides is 1. The van der Waals surface area contributed by atoms with Crippen molar-refractivity contribution in [1.29, 1.82) is 0 Å². The van der Waals surface area contributed by atoms with Crippen molar-refractivity contribution in [3.63, 3.8) is 0 Å². The van der Waals surface area contributed by atoms with Crippen LogP contribution in [-0.2, 0) is 6.54 Å². The zero-order valence-electron chi connectivity index (χ0n) is 14.5. The molecule has 0 atom stereocenters. The highest BCUT2D eigenvalue weighted by Crippen LogP contribution is 2.26. The molecule has 0 bridgehead atoms. The van der Waals surface area contributed by atoms with Gasteiger partial charge in [-0.25, -0.2) is 0 Å². The first kappa shape index (κ1) is 16.7. The van der Waals surface area contributed by atoms with E-state index in [0.29, 0.717) is 12.1 Å². The van der Waals surface area contributed by atoms with Crippen LogP contribution in [0.2, 0.25) is 0 Å². The molecule has 5 heteroatoms. The van der Waals surface area contributed by atoms with Crippen molar-refractivity contribution in [1.82, 2.24) is 20.4 Å². The molecule has 1 fully saturated rings. The van der Waals surface area contributed by atoms with Gasteiger partial charge in [0.2, 0.25) is 0 Å². The van der Waals surface area contributed by atoms with Crippen molar-refractivity contribution in [3.8, 4) is 0 Å². The first-order valence-corrected chi connectivity index (χ1v) is 8.63. The second kappa shape index (κ2) is 7.18. The van der Waals surface area contributed by atoms with Crippen LogP contribution in [0.15, 0.2) is 36.5 Å². The van der Waals surface area contributed by atoms with Crippen LogP contribution in [0.25, 0.3) is 0 Å². The number of hydrogen-bond acceptors (Lipinski definition) is 3. The van der Waals surface area contributed by atoms with Crippen LogP contribution in [0, 0.1) is 12.3 Å². The van der Waals surface area contributed by atoms with Crippen molar-refractivity contribution in [3.05, 3.63) is 53.3 Å². The molecule has 0 spiro atoms. The Bertz CT molecular complexity index is 687. The Balaban J connectivity index is 1.63. The number of nitrogens with zero attached hydrogens (tertiary/aromatic N) is 2. The SMILES string of the molecule is Cc1c(C(=O)NCC2(C)CCNCC2)cnn1Cc1ccccc1. The van der Waals surface area contributed by atoms with Crippen molar-refractivity contribution < 1.29 is 4.79 Å². The first-order chi connectivity index (χ1) is 11.6. The van der Waals surface area contributed by atoms with Crippen LogP contribution in [0.4, 0.5) is 0 Å². The maximum Gasteiger partial charge on any atom is 0.254 e. The lowest BCUT2D eigenvalue weighted by Gasteiger charge is -2.34. The fourth-order valence-corrected chi connectivity index (χ4v) is 3.18. The number of hydrogen-bond donors (Lipinski definition) is 2. The molecule has 1 saturated heterocycles. The highest BCUT2D eigenvalue weighted by atomic mass is 16.1. The lowest BCUT2D eigenvalue weighted by atomic mass is 9.81. The summed E-state index contributed by atoms with van der Waals surface area (Å²) in [4.78, 5) is 12.5. The molecule has 2 aromatic rings. The molecule has 1 aromatic carbocycles. The average Bonchev–Trinajstić information content (AvgIpc) is 2.95. The van der Waals surface area contributed by atoms with Gasteiger partial charge in [0.1, 0.15) is 0 Å². The van der Waals surface area contributed by atoms with E-state index in [1.807, 2.05) is 29.8 Å².